The molecule has 1 aliphatic rings. The first kappa shape index (κ1) is 15.1. The van der Waals surface area contributed by atoms with E-state index in [1.807, 2.05) is 0 Å². The van der Waals surface area contributed by atoms with Crippen LogP contribution in [0.15, 0.2) is 24.3 Å². The van der Waals surface area contributed by atoms with Gasteiger partial charge in [0.05, 0.1) is 12.2 Å². The minimum absolute atomic E-state index is 0.0893. The summed E-state index contributed by atoms with van der Waals surface area (Å²) in [4.78, 5) is 0. The molecule has 0 bridgehead atoms. The zero-order chi connectivity index (χ0) is 14.6. The van der Waals surface area contributed by atoms with Gasteiger partial charge in [0.15, 0.2) is 0 Å². The zero-order valence-electron chi connectivity index (χ0n) is 11.2. The number of hydrogen-bond donors (Lipinski definition) is 1. The van der Waals surface area contributed by atoms with Gasteiger partial charge in [-0.15, -0.1) is 0 Å². The summed E-state index contributed by atoms with van der Waals surface area (Å²) in [7, 11) is 1.61. The lowest BCUT2D eigenvalue weighted by molar-refractivity contribution is -0.139. The predicted molar refractivity (Wildman–Crippen MR) is 68.8 cm³/mol. The third-order valence-corrected chi connectivity index (χ3v) is 3.39. The van der Waals surface area contributed by atoms with Crippen LogP contribution in [0.1, 0.15) is 18.4 Å². The Morgan fingerprint density at radius 2 is 2.00 bits per heavy atom. The summed E-state index contributed by atoms with van der Waals surface area (Å²) in [6, 6.07) is 5.42. The maximum atomic E-state index is 12.9. The molecule has 0 spiro atoms. The first-order valence-corrected chi connectivity index (χ1v) is 6.57. The number of ether oxygens (including phenoxy) is 2. The minimum Gasteiger partial charge on any atom is -0.488 e. The summed E-state index contributed by atoms with van der Waals surface area (Å²) >= 11 is 0. The van der Waals surface area contributed by atoms with Crippen molar-refractivity contribution in [3.8, 4) is 5.75 Å². The molecule has 0 heterocycles. The molecule has 0 radical (unpaired) electrons. The molecule has 0 saturated heterocycles. The number of benzene rings is 1. The van der Waals surface area contributed by atoms with Crippen molar-refractivity contribution in [2.75, 3.05) is 20.3 Å². The molecule has 0 aliphatic heterocycles. The first-order valence-electron chi connectivity index (χ1n) is 6.57. The Labute approximate surface area is 116 Å². The lowest BCUT2D eigenvalue weighted by atomic mass is 9.89. The first-order chi connectivity index (χ1) is 9.52. The van der Waals surface area contributed by atoms with Crippen LogP contribution >= 0.6 is 0 Å². The van der Waals surface area contributed by atoms with Gasteiger partial charge >= 0.3 is 6.18 Å². The van der Waals surface area contributed by atoms with Crippen LogP contribution < -0.4 is 10.1 Å². The Morgan fingerprint density at radius 1 is 1.25 bits per heavy atom. The smallest absolute Gasteiger partial charge is 0.419 e. The molecule has 3 nitrogen and oxygen atoms in total. The second-order valence-corrected chi connectivity index (χ2v) is 4.78. The van der Waals surface area contributed by atoms with Gasteiger partial charge in [-0.05, 0) is 25.0 Å². The monoisotopic (exact) mass is 289 g/mol. The minimum atomic E-state index is -4.39. The van der Waals surface area contributed by atoms with E-state index in [4.69, 9.17) is 9.47 Å². The van der Waals surface area contributed by atoms with Crippen molar-refractivity contribution >= 4 is 0 Å². The molecule has 6 heteroatoms. The lowest BCUT2D eigenvalue weighted by Gasteiger charge is -2.37. The highest BCUT2D eigenvalue weighted by atomic mass is 19.4. The van der Waals surface area contributed by atoms with Gasteiger partial charge in [0.2, 0.25) is 0 Å². The molecule has 1 aromatic carbocycles. The van der Waals surface area contributed by atoms with Gasteiger partial charge in [-0.3, -0.25) is 0 Å². The molecule has 0 unspecified atom stereocenters. The number of hydrogen-bond acceptors (Lipinski definition) is 3. The fourth-order valence-electron chi connectivity index (χ4n) is 2.16. The Bertz CT molecular complexity index is 437. The standard InChI is InChI=1S/C14H18F3NO2/c1-19-9-8-18-11-6-7-13(11)20-12-5-3-2-4-10(12)14(15,16)17/h2-5,11,13,18H,6-9H2,1H3/t11-,13-/m0/s1. The van der Waals surface area contributed by atoms with Crippen molar-refractivity contribution in [1.29, 1.82) is 0 Å². The van der Waals surface area contributed by atoms with Crippen LogP contribution in [-0.4, -0.2) is 32.4 Å². The van der Waals surface area contributed by atoms with Gasteiger partial charge in [0, 0.05) is 19.7 Å². The van der Waals surface area contributed by atoms with Gasteiger partial charge in [0.25, 0.3) is 0 Å². The summed E-state index contributed by atoms with van der Waals surface area (Å²) in [5.74, 6) is -0.0942. The zero-order valence-corrected chi connectivity index (χ0v) is 11.2. The summed E-state index contributed by atoms with van der Waals surface area (Å²) in [5.41, 5.74) is -0.720. The van der Waals surface area contributed by atoms with Crippen molar-refractivity contribution in [3.63, 3.8) is 0 Å². The normalized spacial score (nSPS) is 22.4. The molecule has 0 amide bonds. The van der Waals surface area contributed by atoms with E-state index in [9.17, 15) is 13.2 Å². The van der Waals surface area contributed by atoms with Gasteiger partial charge < -0.3 is 14.8 Å². The molecule has 1 saturated carbocycles. The summed E-state index contributed by atoms with van der Waals surface area (Å²) in [5, 5.41) is 3.22. The van der Waals surface area contributed by atoms with E-state index in [0.717, 1.165) is 18.9 Å². The predicted octanol–water partition coefficient (Wildman–Crippen LogP) is 2.85. The fourth-order valence-corrected chi connectivity index (χ4v) is 2.16. The number of rotatable bonds is 6. The van der Waals surface area contributed by atoms with E-state index in [-0.39, 0.29) is 17.9 Å². The van der Waals surface area contributed by atoms with Crippen molar-refractivity contribution in [1.82, 2.24) is 5.32 Å². The molecular formula is C14H18F3NO2. The maximum absolute atomic E-state index is 12.9. The SMILES string of the molecule is COCCN[C@H]1CC[C@@H]1Oc1ccccc1C(F)(F)F. The topological polar surface area (TPSA) is 30.5 Å². The number of methoxy groups -OCH3 is 1. The number of para-hydroxylation sites is 1. The molecule has 0 aromatic heterocycles. The largest absolute Gasteiger partial charge is 0.488 e. The Kier molecular flexibility index (Phi) is 4.88. The van der Waals surface area contributed by atoms with Gasteiger partial charge in [-0.25, -0.2) is 0 Å². The van der Waals surface area contributed by atoms with Gasteiger partial charge in [-0.2, -0.15) is 13.2 Å². The van der Waals surface area contributed by atoms with E-state index in [2.05, 4.69) is 5.32 Å². The molecule has 20 heavy (non-hydrogen) atoms. The molecule has 2 atom stereocenters. The Morgan fingerprint density at radius 3 is 2.60 bits per heavy atom. The second-order valence-electron chi connectivity index (χ2n) is 4.78. The van der Waals surface area contributed by atoms with Crippen LogP contribution in [-0.2, 0) is 10.9 Å². The van der Waals surface area contributed by atoms with Gasteiger partial charge in [-0.1, -0.05) is 12.1 Å². The van der Waals surface area contributed by atoms with E-state index in [0.29, 0.717) is 13.2 Å². The summed E-state index contributed by atoms with van der Waals surface area (Å²) in [6.07, 6.45) is -2.94. The van der Waals surface area contributed by atoms with Crippen LogP contribution in [0.3, 0.4) is 0 Å². The van der Waals surface area contributed by atoms with Crippen LogP contribution in [0.2, 0.25) is 0 Å². The van der Waals surface area contributed by atoms with E-state index in [1.54, 1.807) is 13.2 Å². The summed E-state index contributed by atoms with van der Waals surface area (Å²) < 4.78 is 49.0. The highest BCUT2D eigenvalue weighted by Gasteiger charge is 2.37. The third-order valence-electron chi connectivity index (χ3n) is 3.39. The third kappa shape index (κ3) is 3.64. The van der Waals surface area contributed by atoms with Crippen LogP contribution in [0.25, 0.3) is 0 Å². The van der Waals surface area contributed by atoms with E-state index in [1.165, 1.54) is 12.1 Å². The van der Waals surface area contributed by atoms with Crippen molar-refractivity contribution in [2.24, 2.45) is 0 Å². The molecule has 1 N–H and O–H groups in total. The molecule has 1 fully saturated rings. The highest BCUT2D eigenvalue weighted by Crippen LogP contribution is 2.37. The lowest BCUT2D eigenvalue weighted by Crippen LogP contribution is -2.51. The summed E-state index contributed by atoms with van der Waals surface area (Å²) in [6.45, 7) is 1.24. The van der Waals surface area contributed by atoms with E-state index >= 15 is 0 Å². The second kappa shape index (κ2) is 6.45. The van der Waals surface area contributed by atoms with E-state index < -0.39 is 11.7 Å². The highest BCUT2D eigenvalue weighted by molar-refractivity contribution is 5.36. The number of nitrogens with one attached hydrogen (secondary N) is 1. The Hall–Kier alpha value is -1.27. The fraction of sp³-hybridized carbons (Fsp3) is 0.571. The van der Waals surface area contributed by atoms with Crippen LogP contribution in [0, 0.1) is 0 Å². The Balaban J connectivity index is 1.97. The average Bonchev–Trinajstić information content (AvgIpc) is 2.39. The quantitative estimate of drug-likeness (QED) is 0.817. The molecule has 1 aliphatic carbocycles. The van der Waals surface area contributed by atoms with Crippen molar-refractivity contribution in [2.45, 2.75) is 31.2 Å². The molecule has 112 valence electrons. The van der Waals surface area contributed by atoms with Crippen molar-refractivity contribution < 1.29 is 22.6 Å². The van der Waals surface area contributed by atoms with Crippen molar-refractivity contribution in [3.05, 3.63) is 29.8 Å². The number of alkyl halides is 3. The average molecular weight is 289 g/mol. The molecular weight excluding hydrogens is 271 g/mol. The molecule has 1 aromatic rings. The van der Waals surface area contributed by atoms with Crippen LogP contribution in [0.4, 0.5) is 13.2 Å². The van der Waals surface area contributed by atoms with Crippen LogP contribution in [0.5, 0.6) is 5.75 Å². The number of halogens is 3. The molecule has 2 rings (SSSR count). The maximum Gasteiger partial charge on any atom is 0.419 e. The van der Waals surface area contributed by atoms with Gasteiger partial charge in [0.1, 0.15) is 11.9 Å².